The molecule has 20 heavy (non-hydrogen) atoms. The number of rotatable bonds is 2. The highest BCUT2D eigenvalue weighted by Crippen LogP contribution is 2.18. The van der Waals surface area contributed by atoms with E-state index in [9.17, 15) is 14.0 Å². The molecule has 5 heteroatoms. The Morgan fingerprint density at radius 2 is 1.95 bits per heavy atom. The van der Waals surface area contributed by atoms with Crippen LogP contribution in [0, 0.1) is 17.7 Å². The van der Waals surface area contributed by atoms with Gasteiger partial charge in [0, 0.05) is 24.0 Å². The summed E-state index contributed by atoms with van der Waals surface area (Å²) in [5.74, 6) is 4.11. The molecule has 0 aromatic heterocycles. The molecule has 2 amide bonds. The molecule has 1 aromatic rings. The van der Waals surface area contributed by atoms with Gasteiger partial charge in [-0.15, -0.1) is 0 Å². The molecule has 1 fully saturated rings. The summed E-state index contributed by atoms with van der Waals surface area (Å²) in [5.41, 5.74) is 0.783. The summed E-state index contributed by atoms with van der Waals surface area (Å²) in [6.45, 7) is -0.353. The number of hydrogen-bond acceptors (Lipinski definition) is 3. The molecule has 0 unspecified atom stereocenters. The smallest absolute Gasteiger partial charge is 0.229 e. The quantitative estimate of drug-likeness (QED) is 0.652. The monoisotopic (exact) mass is 275 g/mol. The number of aliphatic hydroxyl groups excluding tert-OH is 1. The second-order valence-corrected chi connectivity index (χ2v) is 4.49. The van der Waals surface area contributed by atoms with Crippen LogP contribution in [0.15, 0.2) is 18.2 Å². The van der Waals surface area contributed by atoms with E-state index in [-0.39, 0.29) is 30.5 Å². The summed E-state index contributed by atoms with van der Waals surface area (Å²) in [4.78, 5) is 24.5. The standard InChI is InChI=1S/C15H14FNO3/c16-13-7-6-11(3-2-8-18)9-12(13)10-17-14(19)4-1-5-15(17)20/h6-7,9,18H,1,4-5,8,10H2. The Balaban J connectivity index is 2.23. The molecule has 0 spiro atoms. The van der Waals surface area contributed by atoms with Crippen molar-refractivity contribution < 1.29 is 19.1 Å². The van der Waals surface area contributed by atoms with Gasteiger partial charge < -0.3 is 5.11 Å². The summed E-state index contributed by atoms with van der Waals surface area (Å²) < 4.78 is 13.8. The van der Waals surface area contributed by atoms with Crippen LogP contribution >= 0.6 is 0 Å². The van der Waals surface area contributed by atoms with Crippen LogP contribution < -0.4 is 0 Å². The first-order valence-corrected chi connectivity index (χ1v) is 6.33. The summed E-state index contributed by atoms with van der Waals surface area (Å²) in [6, 6.07) is 4.23. The van der Waals surface area contributed by atoms with E-state index in [2.05, 4.69) is 11.8 Å². The Labute approximate surface area is 116 Å². The maximum atomic E-state index is 13.8. The molecule has 0 atom stereocenters. The van der Waals surface area contributed by atoms with Crippen LogP contribution in [0.2, 0.25) is 0 Å². The molecule has 1 aliphatic heterocycles. The van der Waals surface area contributed by atoms with Crippen molar-refractivity contribution in [3.8, 4) is 11.8 Å². The number of amides is 2. The average Bonchev–Trinajstić information content (AvgIpc) is 2.43. The third kappa shape index (κ3) is 3.22. The van der Waals surface area contributed by atoms with Crippen molar-refractivity contribution in [1.82, 2.24) is 4.90 Å². The molecule has 2 rings (SSSR count). The first-order valence-electron chi connectivity index (χ1n) is 6.33. The lowest BCUT2D eigenvalue weighted by atomic mass is 10.1. The number of aliphatic hydroxyl groups is 1. The van der Waals surface area contributed by atoms with E-state index in [1.165, 1.54) is 18.2 Å². The van der Waals surface area contributed by atoms with E-state index in [4.69, 9.17) is 5.11 Å². The van der Waals surface area contributed by atoms with E-state index < -0.39 is 5.82 Å². The average molecular weight is 275 g/mol. The van der Waals surface area contributed by atoms with Gasteiger partial charge in [0.25, 0.3) is 0 Å². The first kappa shape index (κ1) is 14.2. The zero-order valence-corrected chi connectivity index (χ0v) is 10.9. The van der Waals surface area contributed by atoms with Crippen molar-refractivity contribution >= 4 is 11.8 Å². The number of likely N-dealkylation sites (tertiary alicyclic amines) is 1. The van der Waals surface area contributed by atoms with E-state index in [1.807, 2.05) is 0 Å². The van der Waals surface area contributed by atoms with Gasteiger partial charge in [-0.3, -0.25) is 14.5 Å². The molecular formula is C15H14FNO3. The number of imide groups is 1. The minimum atomic E-state index is -0.481. The van der Waals surface area contributed by atoms with Gasteiger partial charge in [0.1, 0.15) is 12.4 Å². The third-order valence-corrected chi connectivity index (χ3v) is 3.07. The van der Waals surface area contributed by atoms with Crippen molar-refractivity contribution in [2.45, 2.75) is 25.8 Å². The van der Waals surface area contributed by atoms with Crippen LogP contribution in [0.3, 0.4) is 0 Å². The number of halogens is 1. The fraction of sp³-hybridized carbons (Fsp3) is 0.333. The van der Waals surface area contributed by atoms with Gasteiger partial charge in [0.05, 0.1) is 6.54 Å². The van der Waals surface area contributed by atoms with Crippen LogP contribution in [0.5, 0.6) is 0 Å². The highest BCUT2D eigenvalue weighted by atomic mass is 19.1. The first-order chi connectivity index (χ1) is 9.61. The lowest BCUT2D eigenvalue weighted by Gasteiger charge is -2.25. The predicted molar refractivity (Wildman–Crippen MR) is 69.8 cm³/mol. The predicted octanol–water partition coefficient (Wildman–Crippen LogP) is 1.21. The van der Waals surface area contributed by atoms with Crippen LogP contribution in [-0.2, 0) is 16.1 Å². The van der Waals surface area contributed by atoms with Crippen molar-refractivity contribution in [2.75, 3.05) is 6.61 Å². The van der Waals surface area contributed by atoms with Gasteiger partial charge in [-0.25, -0.2) is 4.39 Å². The fourth-order valence-corrected chi connectivity index (χ4v) is 2.06. The molecule has 104 valence electrons. The van der Waals surface area contributed by atoms with Crippen molar-refractivity contribution in [1.29, 1.82) is 0 Å². The highest BCUT2D eigenvalue weighted by molar-refractivity contribution is 5.97. The Morgan fingerprint density at radius 1 is 1.25 bits per heavy atom. The van der Waals surface area contributed by atoms with E-state index in [1.54, 1.807) is 0 Å². The van der Waals surface area contributed by atoms with Gasteiger partial charge in [0.2, 0.25) is 11.8 Å². The summed E-state index contributed by atoms with van der Waals surface area (Å²) in [7, 11) is 0. The number of hydrogen-bond donors (Lipinski definition) is 1. The summed E-state index contributed by atoms with van der Waals surface area (Å²) >= 11 is 0. The molecule has 1 aromatic carbocycles. The molecule has 1 saturated heterocycles. The number of carbonyl (C=O) groups is 2. The van der Waals surface area contributed by atoms with Gasteiger partial charge in [0.15, 0.2) is 0 Å². The second kappa shape index (κ2) is 6.31. The summed E-state index contributed by atoms with van der Waals surface area (Å²) in [6.07, 6.45) is 1.19. The lowest BCUT2D eigenvalue weighted by Crippen LogP contribution is -2.39. The van der Waals surface area contributed by atoms with Gasteiger partial charge in [-0.1, -0.05) is 11.8 Å². The van der Waals surface area contributed by atoms with Crippen molar-refractivity contribution in [3.63, 3.8) is 0 Å². The van der Waals surface area contributed by atoms with Gasteiger partial charge >= 0.3 is 0 Å². The van der Waals surface area contributed by atoms with Gasteiger partial charge in [-0.05, 0) is 24.6 Å². The molecule has 4 nitrogen and oxygen atoms in total. The van der Waals surface area contributed by atoms with Crippen LogP contribution in [0.1, 0.15) is 30.4 Å². The van der Waals surface area contributed by atoms with Crippen LogP contribution in [0.25, 0.3) is 0 Å². The SMILES string of the molecule is O=C1CCCC(=O)N1Cc1cc(C#CCO)ccc1F. The number of nitrogens with zero attached hydrogens (tertiary/aromatic N) is 1. The lowest BCUT2D eigenvalue weighted by molar-refractivity contribution is -0.148. The number of carbonyl (C=O) groups excluding carboxylic acids is 2. The Kier molecular flexibility index (Phi) is 4.49. The van der Waals surface area contributed by atoms with E-state index >= 15 is 0 Å². The zero-order valence-electron chi connectivity index (χ0n) is 10.9. The Hall–Kier alpha value is -2.19. The highest BCUT2D eigenvalue weighted by Gasteiger charge is 2.26. The van der Waals surface area contributed by atoms with Gasteiger partial charge in [-0.2, -0.15) is 0 Å². The van der Waals surface area contributed by atoms with E-state index in [0.29, 0.717) is 24.8 Å². The molecule has 0 radical (unpaired) electrons. The molecule has 0 aliphatic carbocycles. The maximum Gasteiger partial charge on any atom is 0.229 e. The minimum Gasteiger partial charge on any atom is -0.384 e. The van der Waals surface area contributed by atoms with Crippen LogP contribution in [0.4, 0.5) is 4.39 Å². The Bertz CT molecular complexity index is 585. The minimum absolute atomic E-state index is 0.0713. The molecule has 1 heterocycles. The molecule has 1 aliphatic rings. The van der Waals surface area contributed by atoms with E-state index in [0.717, 1.165) is 4.90 Å². The summed E-state index contributed by atoms with van der Waals surface area (Å²) in [5, 5.41) is 8.64. The van der Waals surface area contributed by atoms with Crippen molar-refractivity contribution in [3.05, 3.63) is 35.1 Å². The molecule has 0 bridgehead atoms. The largest absolute Gasteiger partial charge is 0.384 e. The fourth-order valence-electron chi connectivity index (χ4n) is 2.06. The van der Waals surface area contributed by atoms with Crippen LogP contribution in [-0.4, -0.2) is 28.4 Å². The molecule has 0 saturated carbocycles. The zero-order chi connectivity index (χ0) is 14.5. The molecule has 1 N–H and O–H groups in total. The normalized spacial score (nSPS) is 15.0. The topological polar surface area (TPSA) is 57.6 Å². The third-order valence-electron chi connectivity index (χ3n) is 3.07. The van der Waals surface area contributed by atoms with Crippen molar-refractivity contribution in [2.24, 2.45) is 0 Å². The molecular weight excluding hydrogens is 261 g/mol. The number of benzene rings is 1. The Morgan fingerprint density at radius 3 is 2.60 bits per heavy atom. The number of piperidine rings is 1. The second-order valence-electron chi connectivity index (χ2n) is 4.49. The maximum absolute atomic E-state index is 13.8.